The summed E-state index contributed by atoms with van der Waals surface area (Å²) < 4.78 is 18.0. The van der Waals surface area contributed by atoms with Crippen LogP contribution in [0.5, 0.6) is 0 Å². The average molecular weight is 181 g/mol. The van der Waals surface area contributed by atoms with Gasteiger partial charge in [-0.2, -0.15) is 0 Å². The Morgan fingerprint density at radius 3 is 2.77 bits per heavy atom. The molecule has 0 unspecified atom stereocenters. The first-order chi connectivity index (χ1) is 6.13. The van der Waals surface area contributed by atoms with E-state index < -0.39 is 0 Å². The summed E-state index contributed by atoms with van der Waals surface area (Å²) in [4.78, 5) is 0. The van der Waals surface area contributed by atoms with Crippen LogP contribution in [0.1, 0.15) is 12.5 Å². The summed E-state index contributed by atoms with van der Waals surface area (Å²) in [6, 6.07) is 4.22. The zero-order chi connectivity index (χ0) is 9.84. The van der Waals surface area contributed by atoms with Crippen LogP contribution in [0.2, 0.25) is 0 Å². The molecule has 2 N–H and O–H groups in total. The summed E-state index contributed by atoms with van der Waals surface area (Å²) in [5.74, 6) is 0.0598. The molecule has 0 aliphatic carbocycles. The van der Waals surface area contributed by atoms with Crippen molar-refractivity contribution in [3.8, 4) is 0 Å². The number of nitrogen functional groups attached to an aromatic ring is 1. The Hall–Kier alpha value is -1.51. The Kier molecular flexibility index (Phi) is 2.90. The van der Waals surface area contributed by atoms with Crippen molar-refractivity contribution >= 4 is 11.4 Å². The molecule has 0 fully saturated rings. The van der Waals surface area contributed by atoms with E-state index in [0.29, 0.717) is 23.6 Å². The monoisotopic (exact) mass is 181 g/mol. The van der Waals surface area contributed by atoms with Gasteiger partial charge in [-0.25, -0.2) is 4.39 Å². The van der Waals surface area contributed by atoms with Gasteiger partial charge in [0.2, 0.25) is 0 Å². The highest BCUT2D eigenvalue weighted by molar-refractivity contribution is 5.61. The van der Waals surface area contributed by atoms with E-state index in [1.165, 1.54) is 12.1 Å². The Bertz CT molecular complexity index is 302. The molecule has 0 aliphatic heterocycles. The van der Waals surface area contributed by atoms with Crippen LogP contribution < -0.4 is 5.73 Å². The van der Waals surface area contributed by atoms with Crippen LogP contribution in [-0.4, -0.2) is 6.61 Å². The Morgan fingerprint density at radius 1 is 1.54 bits per heavy atom. The first-order valence-electron chi connectivity index (χ1n) is 4.01. The van der Waals surface area contributed by atoms with Gasteiger partial charge in [-0.3, -0.25) is 0 Å². The van der Waals surface area contributed by atoms with Crippen molar-refractivity contribution in [3.63, 3.8) is 0 Å². The van der Waals surface area contributed by atoms with Gasteiger partial charge in [0, 0.05) is 11.3 Å². The molecule has 0 saturated heterocycles. The van der Waals surface area contributed by atoms with Gasteiger partial charge in [-0.15, -0.1) is 0 Å². The van der Waals surface area contributed by atoms with Crippen molar-refractivity contribution in [2.45, 2.75) is 6.92 Å². The minimum atomic E-state index is -0.379. The molecule has 1 aromatic rings. The number of hydrogen-bond acceptors (Lipinski definition) is 2. The van der Waals surface area contributed by atoms with Crippen molar-refractivity contribution in [1.29, 1.82) is 0 Å². The van der Waals surface area contributed by atoms with Gasteiger partial charge in [0.05, 0.1) is 6.61 Å². The molecular weight excluding hydrogens is 169 g/mol. The number of rotatable bonds is 3. The largest absolute Gasteiger partial charge is 0.494 e. The van der Waals surface area contributed by atoms with Crippen molar-refractivity contribution in [3.05, 3.63) is 36.2 Å². The van der Waals surface area contributed by atoms with Gasteiger partial charge in [0.15, 0.2) is 0 Å². The minimum Gasteiger partial charge on any atom is -0.494 e. The molecule has 0 saturated carbocycles. The molecule has 0 heterocycles. The summed E-state index contributed by atoms with van der Waals surface area (Å²) in [5, 5.41) is 0. The molecule has 0 aromatic heterocycles. The first-order valence-corrected chi connectivity index (χ1v) is 4.01. The van der Waals surface area contributed by atoms with E-state index in [1.807, 2.05) is 6.92 Å². The standard InChI is InChI=1S/C10H12FNO/c1-3-13-7(2)8-4-9(11)6-10(12)5-8/h4-6H,2-3,12H2,1H3. The van der Waals surface area contributed by atoms with Crippen LogP contribution in [0.3, 0.4) is 0 Å². The zero-order valence-corrected chi connectivity index (χ0v) is 7.51. The second-order valence-corrected chi connectivity index (χ2v) is 2.63. The van der Waals surface area contributed by atoms with E-state index in [0.717, 1.165) is 0 Å². The van der Waals surface area contributed by atoms with E-state index in [4.69, 9.17) is 10.5 Å². The lowest BCUT2D eigenvalue weighted by atomic mass is 10.2. The molecule has 13 heavy (non-hydrogen) atoms. The highest BCUT2D eigenvalue weighted by atomic mass is 19.1. The molecule has 2 nitrogen and oxygen atoms in total. The topological polar surface area (TPSA) is 35.2 Å². The fraction of sp³-hybridized carbons (Fsp3) is 0.200. The lowest BCUT2D eigenvalue weighted by Crippen LogP contribution is -1.94. The summed E-state index contributed by atoms with van der Waals surface area (Å²) in [6.07, 6.45) is 0. The lowest BCUT2D eigenvalue weighted by Gasteiger charge is -2.07. The van der Waals surface area contributed by atoms with Gasteiger partial charge in [-0.05, 0) is 25.1 Å². The fourth-order valence-corrected chi connectivity index (χ4v) is 1.03. The predicted octanol–water partition coefficient (Wildman–Crippen LogP) is 2.42. The molecule has 0 amide bonds. The number of ether oxygens (including phenoxy) is 1. The van der Waals surface area contributed by atoms with E-state index in [-0.39, 0.29) is 5.82 Å². The minimum absolute atomic E-state index is 0.371. The van der Waals surface area contributed by atoms with E-state index in [1.54, 1.807) is 6.07 Å². The Labute approximate surface area is 76.8 Å². The third-order valence-electron chi connectivity index (χ3n) is 1.56. The van der Waals surface area contributed by atoms with Crippen LogP contribution in [-0.2, 0) is 4.74 Å². The van der Waals surface area contributed by atoms with Gasteiger partial charge in [-0.1, -0.05) is 6.58 Å². The van der Waals surface area contributed by atoms with E-state index >= 15 is 0 Å². The summed E-state index contributed by atoms with van der Waals surface area (Å²) in [7, 11) is 0. The number of hydrogen-bond donors (Lipinski definition) is 1. The molecule has 0 bridgehead atoms. The van der Waals surface area contributed by atoms with Crippen LogP contribution in [0.25, 0.3) is 5.76 Å². The van der Waals surface area contributed by atoms with E-state index in [2.05, 4.69) is 6.58 Å². The van der Waals surface area contributed by atoms with Crippen molar-refractivity contribution in [2.75, 3.05) is 12.3 Å². The number of halogens is 1. The smallest absolute Gasteiger partial charge is 0.125 e. The zero-order valence-electron chi connectivity index (χ0n) is 7.51. The van der Waals surface area contributed by atoms with Crippen LogP contribution in [0, 0.1) is 5.82 Å². The van der Waals surface area contributed by atoms with Gasteiger partial charge in [0.1, 0.15) is 11.6 Å². The molecule has 3 heteroatoms. The fourth-order valence-electron chi connectivity index (χ4n) is 1.03. The van der Waals surface area contributed by atoms with Gasteiger partial charge in [0.25, 0.3) is 0 Å². The number of anilines is 1. The first kappa shape index (κ1) is 9.58. The third kappa shape index (κ3) is 2.47. The SMILES string of the molecule is C=C(OCC)c1cc(N)cc(F)c1. The van der Waals surface area contributed by atoms with Crippen molar-refractivity contribution < 1.29 is 9.13 Å². The van der Waals surface area contributed by atoms with Crippen LogP contribution >= 0.6 is 0 Å². The highest BCUT2D eigenvalue weighted by Crippen LogP contribution is 2.18. The summed E-state index contributed by atoms with van der Waals surface area (Å²) in [5.41, 5.74) is 6.41. The molecular formula is C10H12FNO. The summed E-state index contributed by atoms with van der Waals surface area (Å²) >= 11 is 0. The molecule has 0 aliphatic rings. The summed E-state index contributed by atoms with van der Waals surface area (Å²) in [6.45, 7) is 6.00. The van der Waals surface area contributed by atoms with Crippen molar-refractivity contribution in [2.24, 2.45) is 0 Å². The molecule has 0 spiro atoms. The average Bonchev–Trinajstić information content (AvgIpc) is 2.03. The number of nitrogens with two attached hydrogens (primary N) is 1. The van der Waals surface area contributed by atoms with Gasteiger partial charge < -0.3 is 10.5 Å². The van der Waals surface area contributed by atoms with Crippen LogP contribution in [0.4, 0.5) is 10.1 Å². The molecule has 0 radical (unpaired) electrons. The van der Waals surface area contributed by atoms with Gasteiger partial charge >= 0.3 is 0 Å². The Balaban J connectivity index is 2.94. The predicted molar refractivity (Wildman–Crippen MR) is 51.5 cm³/mol. The maximum Gasteiger partial charge on any atom is 0.125 e. The van der Waals surface area contributed by atoms with Crippen molar-refractivity contribution in [1.82, 2.24) is 0 Å². The Morgan fingerprint density at radius 2 is 2.23 bits per heavy atom. The van der Waals surface area contributed by atoms with Crippen LogP contribution in [0.15, 0.2) is 24.8 Å². The second-order valence-electron chi connectivity index (χ2n) is 2.63. The quantitative estimate of drug-likeness (QED) is 0.574. The number of benzene rings is 1. The molecule has 0 atom stereocenters. The normalized spacial score (nSPS) is 9.69. The maximum absolute atomic E-state index is 12.9. The third-order valence-corrected chi connectivity index (χ3v) is 1.56. The lowest BCUT2D eigenvalue weighted by molar-refractivity contribution is 0.299. The highest BCUT2D eigenvalue weighted by Gasteiger charge is 2.02. The molecule has 1 rings (SSSR count). The molecule has 1 aromatic carbocycles. The van der Waals surface area contributed by atoms with E-state index in [9.17, 15) is 4.39 Å². The molecule has 70 valence electrons. The second kappa shape index (κ2) is 3.94. The maximum atomic E-state index is 12.9.